The van der Waals surface area contributed by atoms with Gasteiger partial charge in [-0.25, -0.2) is 0 Å². The number of aryl methyl sites for hydroxylation is 2. The summed E-state index contributed by atoms with van der Waals surface area (Å²) in [5.74, 6) is -0.136. The first-order chi connectivity index (χ1) is 14.3. The minimum absolute atomic E-state index is 0.164. The zero-order valence-corrected chi connectivity index (χ0v) is 20.2. The molecule has 5 atom stereocenters. The molecule has 4 nitrogen and oxygen atoms in total. The molecule has 0 aromatic carbocycles. The van der Waals surface area contributed by atoms with E-state index in [1.54, 1.807) is 11.3 Å². The molecule has 1 heterocycles. The number of aliphatic hydroxyl groups is 2. The monoisotopic (exact) mass is 496 g/mol. The van der Waals surface area contributed by atoms with Crippen LogP contribution in [0.15, 0.2) is 22.7 Å². The molecule has 1 aromatic heterocycles. The smallest absolute Gasteiger partial charge is 0.303 e. The summed E-state index contributed by atoms with van der Waals surface area (Å²) < 4.78 is 1.13. The van der Waals surface area contributed by atoms with E-state index in [4.69, 9.17) is 13.0 Å². The molecule has 0 saturated heterocycles. The van der Waals surface area contributed by atoms with Crippen molar-refractivity contribution in [1.29, 1.82) is 0 Å². The van der Waals surface area contributed by atoms with Crippen LogP contribution in [-0.4, -0.2) is 41.3 Å². The third-order valence-corrected chi connectivity index (χ3v) is 8.40. The lowest BCUT2D eigenvalue weighted by atomic mass is 9.79. The quantitative estimate of drug-likeness (QED) is 0.197. The molecule has 1 aliphatic carbocycles. The molecule has 1 aliphatic rings. The second-order valence-electron chi connectivity index (χ2n) is 8.49. The zero-order valence-electron chi connectivity index (χ0n) is 17.8. The van der Waals surface area contributed by atoms with Crippen molar-refractivity contribution in [3.05, 3.63) is 32.4 Å². The minimum atomic E-state index is -0.738. The highest BCUT2D eigenvalue weighted by Gasteiger charge is 2.39. The second-order valence-corrected chi connectivity index (χ2v) is 10.7. The molecular weight excluding hydrogens is 463 g/mol. The molecule has 0 aliphatic heterocycles. The van der Waals surface area contributed by atoms with E-state index < -0.39 is 12.1 Å². The van der Waals surface area contributed by atoms with E-state index in [-0.39, 0.29) is 30.3 Å². The number of rotatable bonds is 13. The van der Waals surface area contributed by atoms with Gasteiger partial charge in [-0.05, 0) is 78.8 Å². The summed E-state index contributed by atoms with van der Waals surface area (Å²) in [5, 5.41) is 29.7. The predicted octanol–water partition coefficient (Wildman–Crippen LogP) is 5.29. The number of unbranched alkanes of at least 4 members (excludes halogenated alkanes) is 3. The summed E-state index contributed by atoms with van der Waals surface area (Å²) in [5.41, 5.74) is 0. The third kappa shape index (κ3) is 8.14. The van der Waals surface area contributed by atoms with E-state index in [0.717, 1.165) is 36.6 Å². The summed E-state index contributed by atoms with van der Waals surface area (Å²) in [7, 11) is 5.96. The van der Waals surface area contributed by atoms with Gasteiger partial charge in [0.25, 0.3) is 0 Å². The minimum Gasteiger partial charge on any atom is -0.481 e. The lowest BCUT2D eigenvalue weighted by molar-refractivity contribution is -0.137. The van der Waals surface area contributed by atoms with E-state index in [2.05, 4.69) is 35.0 Å². The highest BCUT2D eigenvalue weighted by Crippen LogP contribution is 2.42. The van der Waals surface area contributed by atoms with Crippen LogP contribution in [0.2, 0.25) is 6.32 Å². The Morgan fingerprint density at radius 3 is 2.73 bits per heavy atom. The van der Waals surface area contributed by atoms with Crippen molar-refractivity contribution in [3.8, 4) is 0 Å². The molecule has 2 unspecified atom stereocenters. The van der Waals surface area contributed by atoms with Crippen LogP contribution in [-0.2, 0) is 11.2 Å². The summed E-state index contributed by atoms with van der Waals surface area (Å²) in [6.07, 6.45) is 10.6. The molecule has 1 aromatic rings. The van der Waals surface area contributed by atoms with Gasteiger partial charge in [-0.15, -0.1) is 11.3 Å². The maximum atomic E-state index is 10.6. The van der Waals surface area contributed by atoms with Gasteiger partial charge in [-0.2, -0.15) is 0 Å². The van der Waals surface area contributed by atoms with Gasteiger partial charge in [-0.1, -0.05) is 37.7 Å². The number of aliphatic carboxylic acids is 1. The fourth-order valence-electron chi connectivity index (χ4n) is 4.48. The van der Waals surface area contributed by atoms with Gasteiger partial charge >= 0.3 is 5.97 Å². The molecule has 2 rings (SSSR count). The van der Waals surface area contributed by atoms with Crippen LogP contribution < -0.4 is 0 Å². The van der Waals surface area contributed by atoms with Crippen LogP contribution in [0.5, 0.6) is 0 Å². The highest BCUT2D eigenvalue weighted by molar-refractivity contribution is 9.10. The second kappa shape index (κ2) is 13.0. The molecule has 166 valence electrons. The van der Waals surface area contributed by atoms with Gasteiger partial charge in [0.1, 0.15) is 0 Å². The number of carboxylic acids is 1. The van der Waals surface area contributed by atoms with Gasteiger partial charge in [0, 0.05) is 20.6 Å². The van der Waals surface area contributed by atoms with Crippen LogP contribution in [0.3, 0.4) is 0 Å². The van der Waals surface area contributed by atoms with Crippen LogP contribution in [0.25, 0.3) is 0 Å². The number of allylic oxidation sites excluding steroid dienone is 1. The van der Waals surface area contributed by atoms with Crippen LogP contribution in [0.4, 0.5) is 0 Å². The number of carbonyl (C=O) groups is 1. The van der Waals surface area contributed by atoms with Crippen molar-refractivity contribution in [2.45, 2.75) is 83.2 Å². The first kappa shape index (κ1) is 25.6. The van der Waals surface area contributed by atoms with Gasteiger partial charge in [0.05, 0.1) is 20.1 Å². The normalized spacial score (nSPS) is 25.2. The van der Waals surface area contributed by atoms with Gasteiger partial charge in [-0.3, -0.25) is 4.79 Å². The Labute approximate surface area is 194 Å². The van der Waals surface area contributed by atoms with Crippen molar-refractivity contribution in [2.24, 2.45) is 17.8 Å². The van der Waals surface area contributed by atoms with Gasteiger partial charge in [0.15, 0.2) is 0 Å². The number of aliphatic hydroxyl groups excluding tert-OH is 2. The number of carboxylic acid groups (broad SMARTS) is 1. The van der Waals surface area contributed by atoms with Crippen molar-refractivity contribution >= 4 is 41.1 Å². The highest BCUT2D eigenvalue weighted by atomic mass is 79.9. The van der Waals surface area contributed by atoms with Crippen molar-refractivity contribution < 1.29 is 20.1 Å². The Balaban J connectivity index is 1.83. The number of thiophene rings is 1. The van der Waals surface area contributed by atoms with E-state index in [9.17, 15) is 15.0 Å². The Bertz CT molecular complexity index is 673. The van der Waals surface area contributed by atoms with Crippen LogP contribution in [0.1, 0.15) is 61.1 Å². The Morgan fingerprint density at radius 2 is 2.10 bits per heavy atom. The lowest BCUT2D eigenvalue weighted by Crippen LogP contribution is -2.19. The fraction of sp³-hybridized carbons (Fsp3) is 0.696. The van der Waals surface area contributed by atoms with Crippen molar-refractivity contribution in [2.75, 3.05) is 0 Å². The molecule has 3 N–H and O–H groups in total. The Morgan fingerprint density at radius 1 is 1.37 bits per heavy atom. The van der Waals surface area contributed by atoms with E-state index in [0.29, 0.717) is 25.6 Å². The number of halogens is 1. The standard InChI is InChI=1S/C23H34BBrO4S/c1-15-21(25)13-18(30-15)10-8-17(26)9-11-19-16(14-24)12-22(27)20(19)6-4-2-3-5-7-23(28)29/h9,11,13,16-17,19-20,22,26-27H,2-8,10,12,14H2,1H3,(H,28,29)/b11-9+/t16?,17-,19-,20+,22?/m0/s1. The molecule has 1 fully saturated rings. The molecule has 0 bridgehead atoms. The summed E-state index contributed by atoms with van der Waals surface area (Å²) in [6.45, 7) is 2.08. The molecule has 0 spiro atoms. The topological polar surface area (TPSA) is 77.8 Å². The summed E-state index contributed by atoms with van der Waals surface area (Å²) in [4.78, 5) is 13.1. The van der Waals surface area contributed by atoms with Crippen LogP contribution >= 0.6 is 27.3 Å². The van der Waals surface area contributed by atoms with E-state index in [1.807, 2.05) is 6.08 Å². The predicted molar refractivity (Wildman–Crippen MR) is 127 cm³/mol. The molecule has 30 heavy (non-hydrogen) atoms. The van der Waals surface area contributed by atoms with Crippen molar-refractivity contribution in [3.63, 3.8) is 0 Å². The molecule has 7 heteroatoms. The van der Waals surface area contributed by atoms with Crippen LogP contribution in [0, 0.1) is 24.7 Å². The Kier molecular flexibility index (Phi) is 11.1. The molecule has 2 radical (unpaired) electrons. The number of hydrogen-bond acceptors (Lipinski definition) is 4. The maximum Gasteiger partial charge on any atom is 0.303 e. The first-order valence-corrected chi connectivity index (χ1v) is 12.6. The van der Waals surface area contributed by atoms with Gasteiger partial charge < -0.3 is 15.3 Å². The third-order valence-electron chi connectivity index (χ3n) is 6.21. The first-order valence-electron chi connectivity index (χ1n) is 11.0. The molecule has 1 saturated carbocycles. The average Bonchev–Trinajstić information content (AvgIpc) is 3.19. The average molecular weight is 497 g/mol. The summed E-state index contributed by atoms with van der Waals surface area (Å²) >= 11 is 5.29. The Hall–Kier alpha value is -0.625. The SMILES string of the molecule is [B]CC1CC(O)[C@H](CCCCCCC(=O)O)[C@H]1/C=C/[C@@H](O)CCc1cc(Br)c(C)s1. The van der Waals surface area contributed by atoms with Crippen molar-refractivity contribution in [1.82, 2.24) is 0 Å². The van der Waals surface area contributed by atoms with E-state index in [1.165, 1.54) is 9.75 Å². The molecule has 0 amide bonds. The maximum absolute atomic E-state index is 10.6. The largest absolute Gasteiger partial charge is 0.481 e. The fourth-order valence-corrected chi connectivity index (χ4v) is 6.10. The summed E-state index contributed by atoms with van der Waals surface area (Å²) in [6, 6.07) is 2.13. The lowest BCUT2D eigenvalue weighted by Gasteiger charge is -2.23. The van der Waals surface area contributed by atoms with Gasteiger partial charge in [0.2, 0.25) is 0 Å². The zero-order chi connectivity index (χ0) is 22.1. The molecular formula is C23H34BBrO4S. The number of hydrogen-bond donors (Lipinski definition) is 3. The van der Waals surface area contributed by atoms with E-state index >= 15 is 0 Å².